The summed E-state index contributed by atoms with van der Waals surface area (Å²) in [5.41, 5.74) is 0. The van der Waals surface area contributed by atoms with Crippen molar-refractivity contribution >= 4 is 12.8 Å². The summed E-state index contributed by atoms with van der Waals surface area (Å²) >= 11 is 0. The first-order valence-electron chi connectivity index (χ1n) is 5.83. The van der Waals surface area contributed by atoms with E-state index in [2.05, 4.69) is 0 Å². The minimum atomic E-state index is 0.693. The van der Waals surface area contributed by atoms with E-state index in [-0.39, 0.29) is 0 Å². The Bertz CT molecular complexity index is 177. The summed E-state index contributed by atoms with van der Waals surface area (Å²) in [6.07, 6.45) is 5.49. The van der Waals surface area contributed by atoms with Gasteiger partial charge in [0, 0.05) is 26.2 Å². The third-order valence-corrected chi connectivity index (χ3v) is 2.73. The molecular formula is C11H20N2O3. The van der Waals surface area contributed by atoms with Gasteiger partial charge >= 0.3 is 0 Å². The second kappa shape index (κ2) is 8.10. The van der Waals surface area contributed by atoms with Crippen LogP contribution in [0.25, 0.3) is 0 Å². The van der Waals surface area contributed by atoms with Crippen molar-refractivity contribution in [2.75, 3.05) is 39.4 Å². The number of likely N-dealkylation sites (tertiary alicyclic amines) is 1. The number of piperidine rings is 1. The van der Waals surface area contributed by atoms with E-state index >= 15 is 0 Å². The molecule has 0 unspecified atom stereocenters. The minimum Gasteiger partial charge on any atom is -0.378 e. The van der Waals surface area contributed by atoms with Gasteiger partial charge in [-0.15, -0.1) is 0 Å². The fraction of sp³-hybridized carbons (Fsp3) is 0.818. The largest absolute Gasteiger partial charge is 0.378 e. The van der Waals surface area contributed by atoms with Gasteiger partial charge in [-0.2, -0.15) is 0 Å². The molecule has 0 aromatic rings. The maximum atomic E-state index is 10.1. The standard InChI is InChI=1S/C6H11NO.C5H9NO2/c8-6-7-4-2-1-3-5-7;7-5-6-1-3-8-4-2-6/h6H,1-5H2;5H,1-4H2. The molecule has 2 heterocycles. The molecule has 16 heavy (non-hydrogen) atoms. The van der Waals surface area contributed by atoms with E-state index in [1.165, 1.54) is 19.3 Å². The molecule has 0 spiro atoms. The molecule has 0 saturated carbocycles. The first kappa shape index (κ1) is 13.0. The smallest absolute Gasteiger partial charge is 0.209 e. The van der Waals surface area contributed by atoms with Crippen LogP contribution in [0.2, 0.25) is 0 Å². The number of morpholine rings is 1. The van der Waals surface area contributed by atoms with Crippen LogP contribution in [0.5, 0.6) is 0 Å². The van der Waals surface area contributed by atoms with Crippen molar-refractivity contribution in [3.05, 3.63) is 0 Å². The quantitative estimate of drug-likeness (QED) is 0.630. The molecule has 2 rings (SSSR count). The van der Waals surface area contributed by atoms with Crippen molar-refractivity contribution in [2.24, 2.45) is 0 Å². The molecule has 0 aromatic heterocycles. The fourth-order valence-electron chi connectivity index (χ4n) is 1.71. The molecule has 2 saturated heterocycles. The van der Waals surface area contributed by atoms with Crippen LogP contribution in [0.3, 0.4) is 0 Å². The third-order valence-electron chi connectivity index (χ3n) is 2.73. The van der Waals surface area contributed by atoms with Crippen molar-refractivity contribution in [3.63, 3.8) is 0 Å². The summed E-state index contributed by atoms with van der Waals surface area (Å²) < 4.78 is 5.00. The fourth-order valence-corrected chi connectivity index (χ4v) is 1.71. The van der Waals surface area contributed by atoms with Crippen molar-refractivity contribution in [3.8, 4) is 0 Å². The van der Waals surface area contributed by atoms with Gasteiger partial charge in [0.1, 0.15) is 0 Å². The van der Waals surface area contributed by atoms with Crippen LogP contribution in [0.4, 0.5) is 0 Å². The Labute approximate surface area is 96.3 Å². The lowest BCUT2D eigenvalue weighted by Crippen LogP contribution is -2.34. The van der Waals surface area contributed by atoms with Gasteiger partial charge in [0.25, 0.3) is 0 Å². The molecule has 2 fully saturated rings. The van der Waals surface area contributed by atoms with E-state index in [1.54, 1.807) is 4.90 Å². The first-order valence-corrected chi connectivity index (χ1v) is 5.83. The monoisotopic (exact) mass is 228 g/mol. The Morgan fingerprint density at radius 1 is 0.750 bits per heavy atom. The molecule has 0 bridgehead atoms. The molecule has 0 radical (unpaired) electrons. The van der Waals surface area contributed by atoms with Gasteiger partial charge in [0.05, 0.1) is 13.2 Å². The summed E-state index contributed by atoms with van der Waals surface area (Å²) in [6, 6.07) is 0. The second-order valence-electron chi connectivity index (χ2n) is 3.96. The van der Waals surface area contributed by atoms with Gasteiger partial charge in [-0.3, -0.25) is 9.59 Å². The first-order chi connectivity index (χ1) is 7.86. The third kappa shape index (κ3) is 5.11. The zero-order valence-electron chi connectivity index (χ0n) is 9.64. The lowest BCUT2D eigenvalue weighted by Gasteiger charge is -2.21. The highest BCUT2D eigenvalue weighted by Gasteiger charge is 2.05. The second-order valence-corrected chi connectivity index (χ2v) is 3.96. The topological polar surface area (TPSA) is 49.9 Å². The number of rotatable bonds is 2. The van der Waals surface area contributed by atoms with Crippen LogP contribution in [0.15, 0.2) is 0 Å². The summed E-state index contributed by atoms with van der Waals surface area (Å²) in [4.78, 5) is 23.7. The van der Waals surface area contributed by atoms with E-state index < -0.39 is 0 Å². The highest BCUT2D eigenvalue weighted by molar-refractivity contribution is 5.47. The molecule has 0 N–H and O–H groups in total. The van der Waals surface area contributed by atoms with E-state index in [1.807, 2.05) is 4.90 Å². The van der Waals surface area contributed by atoms with Gasteiger partial charge in [-0.25, -0.2) is 0 Å². The number of ether oxygens (including phenoxy) is 1. The molecule has 0 atom stereocenters. The minimum absolute atomic E-state index is 0.693. The van der Waals surface area contributed by atoms with Crippen LogP contribution in [-0.4, -0.2) is 62.0 Å². The summed E-state index contributed by atoms with van der Waals surface area (Å²) in [5, 5.41) is 0. The number of hydrogen-bond acceptors (Lipinski definition) is 3. The molecule has 0 aliphatic carbocycles. The predicted octanol–water partition coefficient (Wildman–Crippen LogP) is 0.104. The van der Waals surface area contributed by atoms with Crippen molar-refractivity contribution < 1.29 is 14.3 Å². The van der Waals surface area contributed by atoms with E-state index in [4.69, 9.17) is 4.74 Å². The van der Waals surface area contributed by atoms with E-state index in [0.29, 0.717) is 13.2 Å². The van der Waals surface area contributed by atoms with Gasteiger partial charge in [0.15, 0.2) is 0 Å². The van der Waals surface area contributed by atoms with Gasteiger partial charge in [0.2, 0.25) is 12.8 Å². The molecular weight excluding hydrogens is 208 g/mol. The van der Waals surface area contributed by atoms with Gasteiger partial charge in [-0.1, -0.05) is 0 Å². The zero-order valence-corrected chi connectivity index (χ0v) is 9.64. The van der Waals surface area contributed by atoms with Crippen molar-refractivity contribution in [1.82, 2.24) is 9.80 Å². The summed E-state index contributed by atoms with van der Waals surface area (Å²) in [5.74, 6) is 0. The molecule has 2 amide bonds. The van der Waals surface area contributed by atoms with E-state index in [9.17, 15) is 9.59 Å². The summed E-state index contributed by atoms with van der Waals surface area (Å²) in [7, 11) is 0. The highest BCUT2D eigenvalue weighted by atomic mass is 16.5. The maximum Gasteiger partial charge on any atom is 0.209 e. The Balaban J connectivity index is 0.000000160. The number of nitrogens with zero attached hydrogens (tertiary/aromatic N) is 2. The zero-order chi connectivity index (χ0) is 11.6. The Morgan fingerprint density at radius 3 is 1.62 bits per heavy atom. The van der Waals surface area contributed by atoms with Gasteiger partial charge < -0.3 is 14.5 Å². The Kier molecular flexibility index (Phi) is 6.56. The average molecular weight is 228 g/mol. The number of carbonyl (C=O) groups is 2. The van der Waals surface area contributed by atoms with Crippen LogP contribution >= 0.6 is 0 Å². The number of carbonyl (C=O) groups excluding carboxylic acids is 2. The highest BCUT2D eigenvalue weighted by Crippen LogP contribution is 2.05. The molecule has 5 heteroatoms. The van der Waals surface area contributed by atoms with Crippen LogP contribution in [0, 0.1) is 0 Å². The molecule has 5 nitrogen and oxygen atoms in total. The molecule has 0 aromatic carbocycles. The normalized spacial score (nSPS) is 20.8. The number of hydrogen-bond donors (Lipinski definition) is 0. The average Bonchev–Trinajstić information content (AvgIpc) is 2.41. The molecule has 2 aliphatic rings. The maximum absolute atomic E-state index is 10.1. The Hall–Kier alpha value is -1.10. The number of amides is 2. The van der Waals surface area contributed by atoms with Gasteiger partial charge in [-0.05, 0) is 19.3 Å². The summed E-state index contributed by atoms with van der Waals surface area (Å²) in [6.45, 7) is 4.84. The van der Waals surface area contributed by atoms with Crippen LogP contribution in [0.1, 0.15) is 19.3 Å². The SMILES string of the molecule is O=CN1CCCCC1.O=CN1CCOCC1. The van der Waals surface area contributed by atoms with E-state index in [0.717, 1.165) is 39.0 Å². The van der Waals surface area contributed by atoms with Crippen LogP contribution in [-0.2, 0) is 14.3 Å². The lowest BCUT2D eigenvalue weighted by molar-refractivity contribution is -0.122. The Morgan fingerprint density at radius 2 is 1.25 bits per heavy atom. The van der Waals surface area contributed by atoms with Crippen LogP contribution < -0.4 is 0 Å². The predicted molar refractivity (Wildman–Crippen MR) is 59.9 cm³/mol. The van der Waals surface area contributed by atoms with Crippen molar-refractivity contribution in [2.45, 2.75) is 19.3 Å². The molecule has 2 aliphatic heterocycles. The molecule has 92 valence electrons. The van der Waals surface area contributed by atoms with Crippen molar-refractivity contribution in [1.29, 1.82) is 0 Å². The lowest BCUT2D eigenvalue weighted by atomic mass is 10.1.